The number of aromatic nitrogens is 3. The third-order valence-electron chi connectivity index (χ3n) is 5.71. The Morgan fingerprint density at radius 2 is 2.04 bits per heavy atom. The maximum atomic E-state index is 12.7. The highest BCUT2D eigenvalue weighted by Gasteiger charge is 2.28. The van der Waals surface area contributed by atoms with E-state index in [2.05, 4.69) is 9.97 Å². The summed E-state index contributed by atoms with van der Waals surface area (Å²) in [5.41, 5.74) is 2.95. The second kappa shape index (κ2) is 7.87. The lowest BCUT2D eigenvalue weighted by molar-refractivity contribution is -0.132. The van der Waals surface area contributed by atoms with Crippen LogP contribution < -0.4 is 5.69 Å². The third-order valence-corrected chi connectivity index (χ3v) is 5.71. The lowest BCUT2D eigenvalue weighted by Gasteiger charge is -2.25. The van der Waals surface area contributed by atoms with Crippen LogP contribution in [0.2, 0.25) is 0 Å². The van der Waals surface area contributed by atoms with E-state index >= 15 is 0 Å². The molecule has 1 N–H and O–H groups in total. The maximum absolute atomic E-state index is 12.7. The Balaban J connectivity index is 1.39. The van der Waals surface area contributed by atoms with E-state index in [9.17, 15) is 9.59 Å². The van der Waals surface area contributed by atoms with Crippen LogP contribution in [0, 0.1) is 13.8 Å². The van der Waals surface area contributed by atoms with Gasteiger partial charge in [-0.25, -0.2) is 9.78 Å². The summed E-state index contributed by atoms with van der Waals surface area (Å²) in [6.45, 7) is 6.30. The highest BCUT2D eigenvalue weighted by molar-refractivity contribution is 5.76. The Hall–Kier alpha value is -2.48. The zero-order valence-electron chi connectivity index (χ0n) is 16.4. The van der Waals surface area contributed by atoms with Crippen molar-refractivity contribution in [3.8, 4) is 0 Å². The first-order chi connectivity index (χ1) is 13.5. The first-order valence-corrected chi connectivity index (χ1v) is 9.91. The average Bonchev–Trinajstić information content (AvgIpc) is 3.11. The average molecular weight is 386 g/mol. The summed E-state index contributed by atoms with van der Waals surface area (Å²) in [5.74, 6) is 2.13. The molecule has 1 amide bonds. The van der Waals surface area contributed by atoms with E-state index in [1.54, 1.807) is 0 Å². The highest BCUT2D eigenvalue weighted by atomic mass is 16.5. The van der Waals surface area contributed by atoms with Gasteiger partial charge in [0.1, 0.15) is 11.5 Å². The number of hydrogen-bond donors (Lipinski definition) is 1. The van der Waals surface area contributed by atoms with Crippen LogP contribution in [0.15, 0.2) is 9.21 Å². The summed E-state index contributed by atoms with van der Waals surface area (Å²) in [6, 6.07) is 0. The van der Waals surface area contributed by atoms with Gasteiger partial charge in [-0.1, -0.05) is 0 Å². The molecule has 2 aliphatic heterocycles. The number of oxazole rings is 1. The normalized spacial score (nSPS) is 17.6. The molecule has 0 bridgehead atoms. The molecule has 4 heterocycles. The minimum atomic E-state index is -0.347. The van der Waals surface area contributed by atoms with Gasteiger partial charge in [0.25, 0.3) is 0 Å². The molecule has 0 radical (unpaired) electrons. The summed E-state index contributed by atoms with van der Waals surface area (Å²) >= 11 is 0. The van der Waals surface area contributed by atoms with Crippen LogP contribution in [-0.4, -0.2) is 45.5 Å². The predicted octanol–water partition coefficient (Wildman–Crippen LogP) is 1.79. The van der Waals surface area contributed by atoms with Crippen molar-refractivity contribution in [1.82, 2.24) is 19.9 Å². The number of aryl methyl sites for hydroxylation is 2. The molecule has 2 aromatic rings. The van der Waals surface area contributed by atoms with Crippen molar-refractivity contribution < 1.29 is 13.9 Å². The molecule has 0 aromatic carbocycles. The van der Waals surface area contributed by atoms with E-state index in [1.807, 2.05) is 18.7 Å². The summed E-state index contributed by atoms with van der Waals surface area (Å²) in [6.07, 6.45) is 3.53. The Morgan fingerprint density at radius 1 is 1.25 bits per heavy atom. The molecule has 0 aliphatic carbocycles. The number of ether oxygens (including phenoxy) is 1. The van der Waals surface area contributed by atoms with Crippen molar-refractivity contribution in [3.63, 3.8) is 0 Å². The van der Waals surface area contributed by atoms with Gasteiger partial charge >= 0.3 is 5.69 Å². The molecule has 4 rings (SSSR count). The predicted molar refractivity (Wildman–Crippen MR) is 101 cm³/mol. The summed E-state index contributed by atoms with van der Waals surface area (Å²) in [7, 11) is 0. The van der Waals surface area contributed by atoms with E-state index in [4.69, 9.17) is 14.1 Å². The SMILES string of the molecule is Cc1nc(=O)[nH]c(C)c1CCC(=O)N1CCc2oc(C3CCOCC3)nc2C1. The van der Waals surface area contributed by atoms with Crippen LogP contribution >= 0.6 is 0 Å². The van der Waals surface area contributed by atoms with Gasteiger partial charge in [-0.15, -0.1) is 0 Å². The number of nitrogens with one attached hydrogen (secondary N) is 1. The van der Waals surface area contributed by atoms with Gasteiger partial charge in [0.05, 0.1) is 6.54 Å². The van der Waals surface area contributed by atoms with Crippen LogP contribution in [0.3, 0.4) is 0 Å². The molecule has 0 saturated carbocycles. The number of hydrogen-bond acceptors (Lipinski definition) is 6. The third kappa shape index (κ3) is 3.87. The van der Waals surface area contributed by atoms with Crippen molar-refractivity contribution in [3.05, 3.63) is 44.8 Å². The largest absolute Gasteiger partial charge is 0.445 e. The smallest absolute Gasteiger partial charge is 0.345 e. The van der Waals surface area contributed by atoms with Crippen molar-refractivity contribution in [2.75, 3.05) is 19.8 Å². The van der Waals surface area contributed by atoms with Crippen LogP contribution in [-0.2, 0) is 28.9 Å². The Bertz CT molecular complexity index is 901. The Kier molecular flexibility index (Phi) is 5.30. The molecule has 0 spiro atoms. The zero-order chi connectivity index (χ0) is 19.7. The van der Waals surface area contributed by atoms with E-state index in [0.717, 1.165) is 54.7 Å². The molecule has 0 unspecified atom stereocenters. The van der Waals surface area contributed by atoms with E-state index in [0.29, 0.717) is 44.0 Å². The summed E-state index contributed by atoms with van der Waals surface area (Å²) < 4.78 is 11.4. The van der Waals surface area contributed by atoms with Crippen LogP contribution in [0.1, 0.15) is 59.5 Å². The second-order valence-corrected chi connectivity index (χ2v) is 7.60. The molecule has 150 valence electrons. The van der Waals surface area contributed by atoms with E-state index in [-0.39, 0.29) is 11.6 Å². The molecule has 1 saturated heterocycles. The molecule has 8 heteroatoms. The number of amides is 1. The Morgan fingerprint density at radius 3 is 2.79 bits per heavy atom. The van der Waals surface area contributed by atoms with Gasteiger partial charge in [-0.05, 0) is 38.7 Å². The van der Waals surface area contributed by atoms with Crippen LogP contribution in [0.4, 0.5) is 0 Å². The quantitative estimate of drug-likeness (QED) is 0.860. The fourth-order valence-corrected chi connectivity index (χ4v) is 4.06. The zero-order valence-corrected chi connectivity index (χ0v) is 16.4. The standard InChI is InChI=1S/C20H26N4O4/c1-12-15(13(2)22-20(26)21-12)3-4-18(25)24-8-5-17-16(11-24)23-19(28-17)14-6-9-27-10-7-14/h14H,3-11H2,1-2H3,(H,21,22,26). The van der Waals surface area contributed by atoms with Crippen molar-refractivity contribution in [1.29, 1.82) is 0 Å². The molecule has 2 aromatic heterocycles. The number of rotatable bonds is 4. The van der Waals surface area contributed by atoms with Crippen molar-refractivity contribution >= 4 is 5.91 Å². The molecule has 2 aliphatic rings. The van der Waals surface area contributed by atoms with Gasteiger partial charge < -0.3 is 19.0 Å². The fraction of sp³-hybridized carbons (Fsp3) is 0.600. The molecule has 1 fully saturated rings. The topological polar surface area (TPSA) is 101 Å². The monoisotopic (exact) mass is 386 g/mol. The minimum Gasteiger partial charge on any atom is -0.445 e. The van der Waals surface area contributed by atoms with Crippen LogP contribution in [0.5, 0.6) is 0 Å². The summed E-state index contributed by atoms with van der Waals surface area (Å²) in [4.78, 5) is 37.3. The molecule has 28 heavy (non-hydrogen) atoms. The number of carbonyl (C=O) groups is 1. The second-order valence-electron chi connectivity index (χ2n) is 7.60. The van der Waals surface area contributed by atoms with Crippen molar-refractivity contribution in [2.24, 2.45) is 0 Å². The minimum absolute atomic E-state index is 0.0891. The molecular weight excluding hydrogens is 360 g/mol. The lowest BCUT2D eigenvalue weighted by Crippen LogP contribution is -2.36. The van der Waals surface area contributed by atoms with Gasteiger partial charge in [0.15, 0.2) is 5.89 Å². The first-order valence-electron chi connectivity index (χ1n) is 9.91. The molecule has 8 nitrogen and oxygen atoms in total. The number of H-pyrrole nitrogens is 1. The summed E-state index contributed by atoms with van der Waals surface area (Å²) in [5, 5.41) is 0. The number of carbonyl (C=O) groups excluding carboxylic acids is 1. The van der Waals surface area contributed by atoms with E-state index < -0.39 is 0 Å². The highest BCUT2D eigenvalue weighted by Crippen LogP contribution is 2.30. The Labute approximate surface area is 163 Å². The molecule has 0 atom stereocenters. The molecular formula is C20H26N4O4. The number of aromatic amines is 1. The number of fused-ring (bicyclic) bond motifs is 1. The van der Waals surface area contributed by atoms with Gasteiger partial charge in [0.2, 0.25) is 5.91 Å². The van der Waals surface area contributed by atoms with Gasteiger partial charge in [-0.2, -0.15) is 4.98 Å². The number of nitrogens with zero attached hydrogens (tertiary/aromatic N) is 3. The van der Waals surface area contributed by atoms with E-state index in [1.165, 1.54) is 0 Å². The van der Waals surface area contributed by atoms with Gasteiger partial charge in [0, 0.05) is 49.9 Å². The first kappa shape index (κ1) is 18.9. The fourth-order valence-electron chi connectivity index (χ4n) is 4.06. The van der Waals surface area contributed by atoms with Gasteiger partial charge in [-0.3, -0.25) is 4.79 Å². The van der Waals surface area contributed by atoms with Crippen LogP contribution in [0.25, 0.3) is 0 Å². The van der Waals surface area contributed by atoms with Crippen molar-refractivity contribution in [2.45, 2.75) is 58.4 Å². The lowest BCUT2D eigenvalue weighted by atomic mass is 10.0. The maximum Gasteiger partial charge on any atom is 0.345 e.